The molecule has 3 N–H and O–H groups in total. The molecule has 19 heavy (non-hydrogen) atoms. The third-order valence-electron chi connectivity index (χ3n) is 2.68. The molecule has 1 unspecified atom stereocenters. The predicted octanol–water partition coefficient (Wildman–Crippen LogP) is 1.10. The van der Waals surface area contributed by atoms with Gasteiger partial charge in [-0.2, -0.15) is 0 Å². The molecule has 5 nitrogen and oxygen atoms in total. The summed E-state index contributed by atoms with van der Waals surface area (Å²) >= 11 is 0. The van der Waals surface area contributed by atoms with Crippen LogP contribution >= 0.6 is 0 Å². The van der Waals surface area contributed by atoms with Crippen LogP contribution in [0.3, 0.4) is 0 Å². The van der Waals surface area contributed by atoms with Crippen LogP contribution in [0.15, 0.2) is 18.2 Å². The molecule has 106 valence electrons. The minimum atomic E-state index is -0.580. The van der Waals surface area contributed by atoms with Gasteiger partial charge in [-0.05, 0) is 38.4 Å². The lowest BCUT2D eigenvalue weighted by molar-refractivity contribution is -0.126. The van der Waals surface area contributed by atoms with Crippen LogP contribution in [0.1, 0.15) is 19.4 Å². The Morgan fingerprint density at radius 3 is 2.79 bits per heavy atom. The van der Waals surface area contributed by atoms with Crippen LogP contribution in [0, 0.1) is 0 Å². The van der Waals surface area contributed by atoms with Crippen molar-refractivity contribution in [3.05, 3.63) is 23.8 Å². The molecule has 0 aromatic heterocycles. The summed E-state index contributed by atoms with van der Waals surface area (Å²) in [5.74, 6) is 1.07. The number of likely N-dealkylation sites (N-methyl/N-ethyl adjacent to an activating group) is 1. The van der Waals surface area contributed by atoms with E-state index in [-0.39, 0.29) is 5.91 Å². The van der Waals surface area contributed by atoms with Crippen molar-refractivity contribution in [2.75, 3.05) is 20.2 Å². The first kappa shape index (κ1) is 15.3. The summed E-state index contributed by atoms with van der Waals surface area (Å²) in [6.45, 7) is 4.66. The Hall–Kier alpha value is -1.75. The molecule has 1 amide bonds. The van der Waals surface area contributed by atoms with Gasteiger partial charge < -0.3 is 20.5 Å². The number of nitrogens with one attached hydrogen (secondary N) is 1. The van der Waals surface area contributed by atoms with Gasteiger partial charge in [0, 0.05) is 7.05 Å². The van der Waals surface area contributed by atoms with Gasteiger partial charge in [0.15, 0.2) is 17.6 Å². The molecule has 0 spiro atoms. The van der Waals surface area contributed by atoms with Gasteiger partial charge in [0.2, 0.25) is 0 Å². The van der Waals surface area contributed by atoms with E-state index in [1.165, 1.54) is 0 Å². The second-order valence-corrected chi connectivity index (χ2v) is 4.09. The average Bonchev–Trinajstić information content (AvgIpc) is 2.41. The molecular weight excluding hydrogens is 244 g/mol. The van der Waals surface area contributed by atoms with Crippen molar-refractivity contribution in [1.82, 2.24) is 5.32 Å². The van der Waals surface area contributed by atoms with E-state index in [9.17, 15) is 4.79 Å². The first-order valence-corrected chi connectivity index (χ1v) is 6.47. The van der Waals surface area contributed by atoms with Crippen molar-refractivity contribution in [3.8, 4) is 11.5 Å². The Morgan fingerprint density at radius 1 is 1.47 bits per heavy atom. The Bertz CT molecular complexity index is 397. The summed E-state index contributed by atoms with van der Waals surface area (Å²) in [5.41, 5.74) is 6.54. The molecule has 5 heteroatoms. The van der Waals surface area contributed by atoms with E-state index in [4.69, 9.17) is 15.2 Å². The Morgan fingerprint density at radius 2 is 2.21 bits per heavy atom. The zero-order chi connectivity index (χ0) is 14.3. The van der Waals surface area contributed by atoms with E-state index in [0.717, 1.165) is 5.56 Å². The number of rotatable bonds is 7. The van der Waals surface area contributed by atoms with Gasteiger partial charge in [0.1, 0.15) is 0 Å². The fourth-order valence-electron chi connectivity index (χ4n) is 1.75. The number of ether oxygens (including phenoxy) is 2. The Balaban J connectivity index is 3.02. The molecule has 0 aliphatic carbocycles. The molecule has 1 aromatic carbocycles. The van der Waals surface area contributed by atoms with Crippen LogP contribution in [-0.2, 0) is 11.2 Å². The summed E-state index contributed by atoms with van der Waals surface area (Å²) in [5, 5.41) is 2.56. The number of amides is 1. The molecule has 0 aliphatic heterocycles. The zero-order valence-corrected chi connectivity index (χ0v) is 11.7. The van der Waals surface area contributed by atoms with E-state index in [1.807, 2.05) is 25.1 Å². The summed E-state index contributed by atoms with van der Waals surface area (Å²) in [6.07, 6.45) is 0.0969. The highest BCUT2D eigenvalue weighted by molar-refractivity contribution is 5.80. The SMILES string of the molecule is CCOc1cccc(CCN)c1OC(C)C(=O)NC. The zero-order valence-electron chi connectivity index (χ0n) is 11.7. The maximum atomic E-state index is 11.6. The van der Waals surface area contributed by atoms with Gasteiger partial charge in [0.25, 0.3) is 5.91 Å². The van der Waals surface area contributed by atoms with Gasteiger partial charge in [-0.1, -0.05) is 12.1 Å². The van der Waals surface area contributed by atoms with E-state index in [2.05, 4.69) is 5.32 Å². The van der Waals surface area contributed by atoms with Gasteiger partial charge in [0.05, 0.1) is 6.61 Å². The lowest BCUT2D eigenvalue weighted by Crippen LogP contribution is -2.34. The van der Waals surface area contributed by atoms with Gasteiger partial charge in [-0.3, -0.25) is 4.79 Å². The van der Waals surface area contributed by atoms with Crippen LogP contribution in [0.2, 0.25) is 0 Å². The number of para-hydroxylation sites is 1. The van der Waals surface area contributed by atoms with Crippen molar-refractivity contribution in [2.45, 2.75) is 26.4 Å². The standard InChI is InChI=1S/C14H22N2O3/c1-4-18-12-7-5-6-11(8-9-15)13(12)19-10(2)14(17)16-3/h5-7,10H,4,8-9,15H2,1-3H3,(H,16,17). The molecule has 0 heterocycles. The van der Waals surface area contributed by atoms with Crippen molar-refractivity contribution in [1.29, 1.82) is 0 Å². The van der Waals surface area contributed by atoms with E-state index < -0.39 is 6.10 Å². The third kappa shape index (κ3) is 4.13. The minimum Gasteiger partial charge on any atom is -0.490 e. The highest BCUT2D eigenvalue weighted by atomic mass is 16.5. The molecule has 0 saturated carbocycles. The summed E-state index contributed by atoms with van der Waals surface area (Å²) in [6, 6.07) is 5.66. The normalized spacial score (nSPS) is 11.8. The van der Waals surface area contributed by atoms with Crippen LogP contribution in [0.5, 0.6) is 11.5 Å². The van der Waals surface area contributed by atoms with Gasteiger partial charge >= 0.3 is 0 Å². The molecule has 0 fully saturated rings. The fourth-order valence-corrected chi connectivity index (χ4v) is 1.75. The quantitative estimate of drug-likeness (QED) is 0.775. The van der Waals surface area contributed by atoms with Crippen molar-refractivity contribution >= 4 is 5.91 Å². The lowest BCUT2D eigenvalue weighted by Gasteiger charge is -2.19. The smallest absolute Gasteiger partial charge is 0.260 e. The van der Waals surface area contributed by atoms with Gasteiger partial charge in [-0.15, -0.1) is 0 Å². The molecule has 1 atom stereocenters. The summed E-state index contributed by atoms with van der Waals surface area (Å²) < 4.78 is 11.3. The first-order chi connectivity index (χ1) is 9.13. The third-order valence-corrected chi connectivity index (χ3v) is 2.68. The van der Waals surface area contributed by atoms with Crippen LogP contribution in [0.4, 0.5) is 0 Å². The Kier molecular flexibility index (Phi) is 6.15. The van der Waals surface area contributed by atoms with Crippen LogP contribution in [-0.4, -0.2) is 32.2 Å². The first-order valence-electron chi connectivity index (χ1n) is 6.47. The molecular formula is C14H22N2O3. The highest BCUT2D eigenvalue weighted by Crippen LogP contribution is 2.32. The molecule has 0 aliphatic rings. The van der Waals surface area contributed by atoms with Crippen molar-refractivity contribution in [3.63, 3.8) is 0 Å². The van der Waals surface area contributed by atoms with E-state index in [1.54, 1.807) is 14.0 Å². The molecule has 1 aromatic rings. The van der Waals surface area contributed by atoms with Crippen molar-refractivity contribution < 1.29 is 14.3 Å². The summed E-state index contributed by atoms with van der Waals surface area (Å²) in [4.78, 5) is 11.6. The van der Waals surface area contributed by atoms with Crippen molar-refractivity contribution in [2.24, 2.45) is 5.73 Å². The van der Waals surface area contributed by atoms with Gasteiger partial charge in [-0.25, -0.2) is 0 Å². The largest absolute Gasteiger partial charge is 0.490 e. The minimum absolute atomic E-state index is 0.176. The number of carbonyl (C=O) groups excluding carboxylic acids is 1. The Labute approximate surface area is 114 Å². The summed E-state index contributed by atoms with van der Waals surface area (Å²) in [7, 11) is 1.58. The number of hydrogen-bond donors (Lipinski definition) is 2. The average molecular weight is 266 g/mol. The predicted molar refractivity (Wildman–Crippen MR) is 74.5 cm³/mol. The second kappa shape index (κ2) is 7.63. The number of nitrogens with two attached hydrogens (primary N) is 1. The fraction of sp³-hybridized carbons (Fsp3) is 0.500. The van der Waals surface area contributed by atoms with E-state index in [0.29, 0.717) is 31.1 Å². The van der Waals surface area contributed by atoms with E-state index >= 15 is 0 Å². The number of hydrogen-bond acceptors (Lipinski definition) is 4. The second-order valence-electron chi connectivity index (χ2n) is 4.09. The number of benzene rings is 1. The maximum Gasteiger partial charge on any atom is 0.260 e. The highest BCUT2D eigenvalue weighted by Gasteiger charge is 2.18. The molecule has 0 bridgehead atoms. The van der Waals surface area contributed by atoms with Crippen LogP contribution < -0.4 is 20.5 Å². The monoisotopic (exact) mass is 266 g/mol. The lowest BCUT2D eigenvalue weighted by atomic mass is 10.1. The topological polar surface area (TPSA) is 73.6 Å². The molecule has 0 radical (unpaired) electrons. The number of carbonyl (C=O) groups is 1. The maximum absolute atomic E-state index is 11.6. The van der Waals surface area contributed by atoms with Crippen LogP contribution in [0.25, 0.3) is 0 Å². The molecule has 0 saturated heterocycles. The molecule has 1 rings (SSSR count).